The molecule has 0 bridgehead atoms. The Bertz CT molecular complexity index is 546. The molecular formula is C11H11N3O2. The van der Waals surface area contributed by atoms with Crippen LogP contribution >= 0.6 is 0 Å². The van der Waals surface area contributed by atoms with E-state index in [0.29, 0.717) is 5.69 Å². The first-order valence-corrected chi connectivity index (χ1v) is 4.82. The molecule has 0 spiro atoms. The Kier molecular flexibility index (Phi) is 2.44. The van der Waals surface area contributed by atoms with Gasteiger partial charge in [-0.2, -0.15) is 0 Å². The Morgan fingerprint density at radius 2 is 2.12 bits per heavy atom. The van der Waals surface area contributed by atoms with Crippen LogP contribution < -0.4 is 0 Å². The molecule has 2 rings (SSSR count). The minimum Gasteiger partial charge on any atom is -0.476 e. The smallest absolute Gasteiger partial charge is 0.358 e. The molecule has 5 nitrogen and oxygen atoms in total. The average Bonchev–Trinajstić information content (AvgIpc) is 2.60. The highest BCUT2D eigenvalue weighted by Gasteiger charge is 2.15. The standard InChI is InChI=1S/C11H11N3O2/c1-7-4-3-5-9(6-7)14-8(2)10(11(15)16)12-13-14/h3-6H,1-2H3,(H,15,16). The maximum absolute atomic E-state index is 10.8. The summed E-state index contributed by atoms with van der Waals surface area (Å²) in [5.74, 6) is -1.06. The first-order chi connectivity index (χ1) is 7.59. The van der Waals surface area contributed by atoms with Crippen LogP contribution in [0.4, 0.5) is 0 Å². The van der Waals surface area contributed by atoms with Crippen LogP contribution in [0.5, 0.6) is 0 Å². The molecule has 0 saturated carbocycles. The minimum absolute atomic E-state index is 0.0125. The lowest BCUT2D eigenvalue weighted by atomic mass is 10.2. The van der Waals surface area contributed by atoms with Crippen molar-refractivity contribution >= 4 is 5.97 Å². The van der Waals surface area contributed by atoms with Crippen LogP contribution in [0, 0.1) is 13.8 Å². The third-order valence-electron chi connectivity index (χ3n) is 2.34. The number of aromatic carboxylic acids is 1. The molecule has 5 heteroatoms. The van der Waals surface area contributed by atoms with Crippen molar-refractivity contribution in [1.82, 2.24) is 15.0 Å². The van der Waals surface area contributed by atoms with E-state index in [-0.39, 0.29) is 5.69 Å². The second-order valence-corrected chi connectivity index (χ2v) is 3.58. The molecule has 16 heavy (non-hydrogen) atoms. The highest BCUT2D eigenvalue weighted by molar-refractivity contribution is 5.86. The van der Waals surface area contributed by atoms with Crippen molar-refractivity contribution < 1.29 is 9.90 Å². The van der Waals surface area contributed by atoms with Crippen LogP contribution in [0.2, 0.25) is 0 Å². The van der Waals surface area contributed by atoms with Gasteiger partial charge in [0, 0.05) is 0 Å². The van der Waals surface area contributed by atoms with E-state index in [4.69, 9.17) is 5.11 Å². The quantitative estimate of drug-likeness (QED) is 0.829. The van der Waals surface area contributed by atoms with E-state index in [9.17, 15) is 4.79 Å². The lowest BCUT2D eigenvalue weighted by molar-refractivity contribution is 0.0689. The van der Waals surface area contributed by atoms with E-state index in [1.54, 1.807) is 6.92 Å². The third-order valence-corrected chi connectivity index (χ3v) is 2.34. The first kappa shape index (κ1) is 10.4. The van der Waals surface area contributed by atoms with Gasteiger partial charge in [0.1, 0.15) is 0 Å². The fourth-order valence-electron chi connectivity index (χ4n) is 1.53. The summed E-state index contributed by atoms with van der Waals surface area (Å²) in [6.45, 7) is 3.65. The second-order valence-electron chi connectivity index (χ2n) is 3.58. The van der Waals surface area contributed by atoms with E-state index in [1.165, 1.54) is 4.68 Å². The third kappa shape index (κ3) is 1.67. The summed E-state index contributed by atoms with van der Waals surface area (Å²) in [5, 5.41) is 16.3. The predicted molar refractivity (Wildman–Crippen MR) is 57.8 cm³/mol. The molecule has 0 fully saturated rings. The van der Waals surface area contributed by atoms with Crippen LogP contribution in [-0.2, 0) is 0 Å². The van der Waals surface area contributed by atoms with Crippen LogP contribution in [0.15, 0.2) is 24.3 Å². The van der Waals surface area contributed by atoms with Crippen LogP contribution in [-0.4, -0.2) is 26.1 Å². The number of hydrogen-bond acceptors (Lipinski definition) is 3. The Hall–Kier alpha value is -2.17. The van der Waals surface area contributed by atoms with E-state index < -0.39 is 5.97 Å². The highest BCUT2D eigenvalue weighted by atomic mass is 16.4. The molecule has 0 saturated heterocycles. The number of hydrogen-bond donors (Lipinski definition) is 1. The number of carboxylic acids is 1. The van der Waals surface area contributed by atoms with E-state index in [1.807, 2.05) is 31.2 Å². The Labute approximate surface area is 92.3 Å². The molecule has 0 amide bonds. The lowest BCUT2D eigenvalue weighted by Gasteiger charge is -2.03. The summed E-state index contributed by atoms with van der Waals surface area (Å²) < 4.78 is 1.52. The number of nitrogens with zero attached hydrogens (tertiary/aromatic N) is 3. The molecule has 0 radical (unpaired) electrons. The maximum Gasteiger partial charge on any atom is 0.358 e. The van der Waals surface area contributed by atoms with E-state index in [0.717, 1.165) is 11.3 Å². The summed E-state index contributed by atoms with van der Waals surface area (Å²) in [6, 6.07) is 7.65. The van der Waals surface area contributed by atoms with Crippen LogP contribution in [0.3, 0.4) is 0 Å². The zero-order valence-electron chi connectivity index (χ0n) is 9.01. The van der Waals surface area contributed by atoms with Gasteiger partial charge in [-0.15, -0.1) is 5.10 Å². The van der Waals surface area contributed by atoms with Crippen LogP contribution in [0.25, 0.3) is 5.69 Å². The molecular weight excluding hydrogens is 206 g/mol. The van der Waals surface area contributed by atoms with Gasteiger partial charge in [-0.05, 0) is 31.5 Å². The summed E-state index contributed by atoms with van der Waals surface area (Å²) in [5.41, 5.74) is 2.42. The number of carboxylic acid groups (broad SMARTS) is 1. The van der Waals surface area contributed by atoms with E-state index >= 15 is 0 Å². The normalized spacial score (nSPS) is 10.4. The number of benzene rings is 1. The Morgan fingerprint density at radius 3 is 2.69 bits per heavy atom. The molecule has 82 valence electrons. The molecule has 1 aromatic carbocycles. The molecule has 1 heterocycles. The fraction of sp³-hybridized carbons (Fsp3) is 0.182. The van der Waals surface area contributed by atoms with Gasteiger partial charge in [0.2, 0.25) is 0 Å². The van der Waals surface area contributed by atoms with Gasteiger partial charge in [-0.1, -0.05) is 17.3 Å². The summed E-state index contributed by atoms with van der Waals surface area (Å²) >= 11 is 0. The molecule has 0 aliphatic rings. The maximum atomic E-state index is 10.8. The summed E-state index contributed by atoms with van der Waals surface area (Å²) in [6.07, 6.45) is 0. The van der Waals surface area contributed by atoms with Gasteiger partial charge < -0.3 is 5.11 Å². The average molecular weight is 217 g/mol. The van der Waals surface area contributed by atoms with Gasteiger partial charge in [0.15, 0.2) is 5.69 Å². The summed E-state index contributed by atoms with van der Waals surface area (Å²) in [7, 11) is 0. The first-order valence-electron chi connectivity index (χ1n) is 4.82. The van der Waals surface area contributed by atoms with Gasteiger partial charge in [-0.3, -0.25) is 0 Å². The zero-order valence-corrected chi connectivity index (χ0v) is 9.01. The van der Waals surface area contributed by atoms with Gasteiger partial charge >= 0.3 is 5.97 Å². The lowest BCUT2D eigenvalue weighted by Crippen LogP contribution is -2.02. The Morgan fingerprint density at radius 1 is 1.38 bits per heavy atom. The van der Waals surface area contributed by atoms with Gasteiger partial charge in [0.05, 0.1) is 11.4 Å². The highest BCUT2D eigenvalue weighted by Crippen LogP contribution is 2.13. The number of rotatable bonds is 2. The molecule has 0 atom stereocenters. The van der Waals surface area contributed by atoms with Crippen molar-refractivity contribution in [3.05, 3.63) is 41.2 Å². The monoisotopic (exact) mass is 217 g/mol. The van der Waals surface area contributed by atoms with Crippen molar-refractivity contribution in [3.63, 3.8) is 0 Å². The SMILES string of the molecule is Cc1cccc(-n2nnc(C(=O)O)c2C)c1. The number of aryl methyl sites for hydroxylation is 1. The van der Waals surface area contributed by atoms with Crippen molar-refractivity contribution in [1.29, 1.82) is 0 Å². The molecule has 2 aromatic rings. The summed E-state index contributed by atoms with van der Waals surface area (Å²) in [4.78, 5) is 10.8. The largest absolute Gasteiger partial charge is 0.476 e. The van der Waals surface area contributed by atoms with Gasteiger partial charge in [0.25, 0.3) is 0 Å². The van der Waals surface area contributed by atoms with Crippen molar-refractivity contribution in [2.24, 2.45) is 0 Å². The second kappa shape index (κ2) is 3.77. The predicted octanol–water partition coefficient (Wildman–Crippen LogP) is 1.58. The molecule has 1 aromatic heterocycles. The fourth-order valence-corrected chi connectivity index (χ4v) is 1.53. The van der Waals surface area contributed by atoms with Crippen LogP contribution in [0.1, 0.15) is 21.7 Å². The molecule has 0 unspecified atom stereocenters. The number of carbonyl (C=O) groups is 1. The molecule has 0 aliphatic carbocycles. The topological polar surface area (TPSA) is 68.0 Å². The van der Waals surface area contributed by atoms with E-state index in [2.05, 4.69) is 10.3 Å². The van der Waals surface area contributed by atoms with Crippen molar-refractivity contribution in [2.45, 2.75) is 13.8 Å². The molecule has 1 N–H and O–H groups in total. The Balaban J connectivity index is 2.53. The molecule has 0 aliphatic heterocycles. The number of aromatic nitrogens is 3. The zero-order chi connectivity index (χ0) is 11.7. The van der Waals surface area contributed by atoms with Crippen molar-refractivity contribution in [3.8, 4) is 5.69 Å². The van der Waals surface area contributed by atoms with Gasteiger partial charge in [-0.25, -0.2) is 9.48 Å². The van der Waals surface area contributed by atoms with Crippen molar-refractivity contribution in [2.75, 3.05) is 0 Å². The minimum atomic E-state index is -1.06.